The number of ether oxygens (including phenoxy) is 2. The SMILES string of the molecule is [C-]#[N+]C1=C(c2ccc(OC(F)(F)F)cc2)/C(=C(/C#N)[N+]#[C-])c2cc3c(cc21)C(C#N)=C(c1ccc(OC(F)(F)F)cc1)/C3=C(\C#N)[N+]#[C-]. The van der Waals surface area contributed by atoms with Crippen molar-refractivity contribution in [2.75, 3.05) is 0 Å². The second-order valence-electron chi connectivity index (χ2n) is 9.68. The Morgan fingerprint density at radius 2 is 1.02 bits per heavy atom. The van der Waals surface area contributed by atoms with Crippen LogP contribution in [0.1, 0.15) is 33.4 Å². The Kier molecular flexibility index (Phi) is 7.98. The van der Waals surface area contributed by atoms with Gasteiger partial charge in [0.25, 0.3) is 11.4 Å². The van der Waals surface area contributed by atoms with E-state index in [9.17, 15) is 42.1 Å². The van der Waals surface area contributed by atoms with Crippen LogP contribution in [0.3, 0.4) is 0 Å². The summed E-state index contributed by atoms with van der Waals surface area (Å²) in [6.07, 6.45) is -9.95. The normalized spacial score (nSPS) is 15.5. The van der Waals surface area contributed by atoms with Gasteiger partial charge in [0.15, 0.2) is 0 Å². The minimum Gasteiger partial charge on any atom is -0.406 e. The smallest absolute Gasteiger partial charge is 0.406 e. The Labute approximate surface area is 267 Å². The van der Waals surface area contributed by atoms with Crippen LogP contribution >= 0.6 is 0 Å². The standard InChI is InChI=1S/C34H10F6N6O2/c1-44-26(15-42)30-22-13-23-24(12-21(22)25(14-41)28(30)17-4-8-19(9-5-17)47-33(35,36)37)32(46-3)29(31(23)27(16-43)45-2)18-6-10-20(11-7-18)48-34(38,39)40/h4-13H/b30-26+,31-27-. The highest BCUT2D eigenvalue weighted by Gasteiger charge is 2.37. The van der Waals surface area contributed by atoms with Gasteiger partial charge in [-0.2, -0.15) is 5.26 Å². The zero-order valence-electron chi connectivity index (χ0n) is 23.5. The zero-order valence-corrected chi connectivity index (χ0v) is 23.5. The van der Waals surface area contributed by atoms with E-state index >= 15 is 0 Å². The number of nitrogens with zero attached hydrogens (tertiary/aromatic N) is 6. The van der Waals surface area contributed by atoms with Crippen molar-refractivity contribution >= 4 is 33.6 Å². The van der Waals surface area contributed by atoms with Gasteiger partial charge < -0.3 is 9.47 Å². The summed E-state index contributed by atoms with van der Waals surface area (Å²) in [6.45, 7) is 23.3. The molecular formula is C34H10F6N6O2. The average molecular weight is 648 g/mol. The first kappa shape index (κ1) is 32.1. The topological polar surface area (TPSA) is 103 Å². The molecule has 0 bridgehead atoms. The molecule has 2 aliphatic carbocycles. The second-order valence-corrected chi connectivity index (χ2v) is 9.68. The summed E-state index contributed by atoms with van der Waals surface area (Å²) < 4.78 is 84.4. The number of hydrogen-bond donors (Lipinski definition) is 0. The number of halogens is 6. The molecule has 5 rings (SSSR count). The molecule has 48 heavy (non-hydrogen) atoms. The molecule has 0 amide bonds. The minimum absolute atomic E-state index is 0.0346. The number of nitriles is 3. The molecule has 0 radical (unpaired) electrons. The molecule has 8 nitrogen and oxygen atoms in total. The summed E-state index contributed by atoms with van der Waals surface area (Å²) in [6, 6.07) is 17.1. The first-order chi connectivity index (χ1) is 22.8. The monoisotopic (exact) mass is 648 g/mol. The van der Waals surface area contributed by atoms with E-state index in [4.69, 9.17) is 19.7 Å². The van der Waals surface area contributed by atoms with Gasteiger partial charge in [-0.1, -0.05) is 30.3 Å². The Morgan fingerprint density at radius 3 is 1.42 bits per heavy atom. The Balaban J connectivity index is 1.79. The summed E-state index contributed by atoms with van der Waals surface area (Å²) in [4.78, 5) is 10.2. The van der Waals surface area contributed by atoms with Crippen molar-refractivity contribution in [1.82, 2.24) is 0 Å². The highest BCUT2D eigenvalue weighted by atomic mass is 19.4. The van der Waals surface area contributed by atoms with Crippen LogP contribution in [0.4, 0.5) is 26.3 Å². The molecule has 3 aromatic rings. The Hall–Kier alpha value is -7.26. The van der Waals surface area contributed by atoms with Crippen molar-refractivity contribution in [3.8, 4) is 29.7 Å². The molecule has 0 heterocycles. The third-order valence-corrected chi connectivity index (χ3v) is 7.09. The van der Waals surface area contributed by atoms with E-state index in [0.717, 1.165) is 24.3 Å². The van der Waals surface area contributed by atoms with Crippen molar-refractivity contribution in [1.29, 1.82) is 15.8 Å². The number of fused-ring (bicyclic) bond motifs is 2. The number of allylic oxidation sites excluding steroid dienone is 7. The van der Waals surface area contributed by atoms with Crippen LogP contribution in [0.15, 0.2) is 72.1 Å². The van der Waals surface area contributed by atoms with Crippen LogP contribution in [0.2, 0.25) is 0 Å². The van der Waals surface area contributed by atoms with Gasteiger partial charge >= 0.3 is 12.7 Å². The lowest BCUT2D eigenvalue weighted by atomic mass is 9.91. The van der Waals surface area contributed by atoms with E-state index in [1.807, 2.05) is 6.07 Å². The molecule has 0 atom stereocenters. The Morgan fingerprint density at radius 1 is 0.604 bits per heavy atom. The molecule has 2 aliphatic rings. The van der Waals surface area contributed by atoms with Gasteiger partial charge in [0, 0.05) is 5.57 Å². The quantitative estimate of drug-likeness (QED) is 0.160. The zero-order chi connectivity index (χ0) is 35.0. The lowest BCUT2D eigenvalue weighted by Crippen LogP contribution is -2.17. The first-order valence-electron chi connectivity index (χ1n) is 13.0. The maximum atomic E-state index is 12.8. The van der Waals surface area contributed by atoms with E-state index in [1.165, 1.54) is 36.4 Å². The van der Waals surface area contributed by atoms with Gasteiger partial charge in [0.2, 0.25) is 5.70 Å². The molecule has 230 valence electrons. The molecule has 3 aromatic carbocycles. The fourth-order valence-electron chi connectivity index (χ4n) is 5.41. The lowest BCUT2D eigenvalue weighted by Gasteiger charge is -2.13. The molecule has 0 saturated heterocycles. The van der Waals surface area contributed by atoms with Crippen LogP contribution in [-0.4, -0.2) is 12.7 Å². The maximum Gasteiger partial charge on any atom is 0.573 e. The van der Waals surface area contributed by atoms with Crippen molar-refractivity contribution in [2.45, 2.75) is 12.7 Å². The molecule has 0 N–H and O–H groups in total. The average Bonchev–Trinajstić information content (AvgIpc) is 3.52. The highest BCUT2D eigenvalue weighted by molar-refractivity contribution is 6.29. The summed E-state index contributed by atoms with van der Waals surface area (Å²) in [5.41, 5.74) is -0.356. The molecular weight excluding hydrogens is 638 g/mol. The minimum atomic E-state index is -4.98. The van der Waals surface area contributed by atoms with Gasteiger partial charge in [0.05, 0.1) is 37.4 Å². The van der Waals surface area contributed by atoms with Gasteiger partial charge in [-0.25, -0.2) is 25.1 Å². The van der Waals surface area contributed by atoms with E-state index in [-0.39, 0.29) is 66.9 Å². The van der Waals surface area contributed by atoms with E-state index in [2.05, 4.69) is 24.0 Å². The van der Waals surface area contributed by atoms with Gasteiger partial charge in [-0.3, -0.25) is 0 Å². The number of hydrogen-bond acceptors (Lipinski definition) is 5. The second kappa shape index (κ2) is 11.9. The van der Waals surface area contributed by atoms with Crippen molar-refractivity contribution < 1.29 is 35.8 Å². The van der Waals surface area contributed by atoms with E-state index < -0.39 is 35.6 Å². The van der Waals surface area contributed by atoms with Crippen LogP contribution in [0, 0.1) is 53.7 Å². The third-order valence-electron chi connectivity index (χ3n) is 7.09. The third kappa shape index (κ3) is 5.66. The fourth-order valence-corrected chi connectivity index (χ4v) is 5.41. The van der Waals surface area contributed by atoms with Crippen LogP contribution in [0.25, 0.3) is 48.1 Å². The molecule has 14 heteroatoms. The largest absolute Gasteiger partial charge is 0.573 e. The summed E-state index contributed by atoms with van der Waals surface area (Å²) >= 11 is 0. The number of rotatable bonds is 4. The van der Waals surface area contributed by atoms with Gasteiger partial charge in [-0.15, -0.1) is 26.3 Å². The molecule has 0 unspecified atom stereocenters. The summed E-state index contributed by atoms with van der Waals surface area (Å²) in [5, 5.41) is 30.1. The van der Waals surface area contributed by atoms with E-state index in [0.29, 0.717) is 0 Å². The first-order valence-corrected chi connectivity index (χ1v) is 13.0. The maximum absolute atomic E-state index is 12.8. The number of alkyl halides is 6. The molecule has 0 saturated carbocycles. The van der Waals surface area contributed by atoms with Gasteiger partial charge in [0.1, 0.15) is 17.6 Å². The predicted octanol–water partition coefficient (Wildman–Crippen LogP) is 9.04. The molecule has 0 fully saturated rings. The van der Waals surface area contributed by atoms with Gasteiger partial charge in [-0.05, 0) is 80.4 Å². The highest BCUT2D eigenvalue weighted by Crippen LogP contribution is 2.55. The lowest BCUT2D eigenvalue weighted by molar-refractivity contribution is -0.275. The number of benzene rings is 3. The van der Waals surface area contributed by atoms with Crippen LogP contribution in [-0.2, 0) is 0 Å². The van der Waals surface area contributed by atoms with E-state index in [1.54, 1.807) is 12.1 Å². The Bertz CT molecular complexity index is 2110. The molecule has 0 aliphatic heterocycles. The van der Waals surface area contributed by atoms with Crippen molar-refractivity contribution in [2.24, 2.45) is 0 Å². The van der Waals surface area contributed by atoms with Crippen LogP contribution < -0.4 is 9.47 Å². The fraction of sp³-hybridized carbons (Fsp3) is 0.0588. The molecule has 0 aromatic heterocycles. The molecule has 0 spiro atoms. The summed E-state index contributed by atoms with van der Waals surface area (Å²) in [5.74, 6) is -1.12. The van der Waals surface area contributed by atoms with Crippen molar-refractivity contribution in [3.05, 3.63) is 140 Å². The predicted molar refractivity (Wildman–Crippen MR) is 157 cm³/mol. The van der Waals surface area contributed by atoms with Crippen molar-refractivity contribution in [3.63, 3.8) is 0 Å². The van der Waals surface area contributed by atoms with Crippen LogP contribution in [0.5, 0.6) is 11.5 Å². The summed E-state index contributed by atoms with van der Waals surface area (Å²) in [7, 11) is 0.